The van der Waals surface area contributed by atoms with Gasteiger partial charge in [-0.15, -0.1) is 0 Å². The van der Waals surface area contributed by atoms with E-state index in [1.54, 1.807) is 50.1 Å². The maximum atomic E-state index is 12.1. The molecule has 0 saturated heterocycles. The molecule has 5 heteroatoms. The second-order valence-electron chi connectivity index (χ2n) is 5.83. The third kappa shape index (κ3) is 5.30. The smallest absolute Gasteiger partial charge is 0.303 e. The van der Waals surface area contributed by atoms with Gasteiger partial charge in [-0.25, -0.2) is 0 Å². The summed E-state index contributed by atoms with van der Waals surface area (Å²) in [5.74, 6) is -0.807. The molecule has 1 aromatic carbocycles. The third-order valence-electron chi connectivity index (χ3n) is 3.04. The molecule has 0 bridgehead atoms. The van der Waals surface area contributed by atoms with Crippen LogP contribution in [0.5, 0.6) is 5.75 Å². The maximum absolute atomic E-state index is 12.1. The van der Waals surface area contributed by atoms with Crippen LogP contribution in [0, 0.1) is 5.41 Å². The summed E-state index contributed by atoms with van der Waals surface area (Å²) < 4.78 is 0. The van der Waals surface area contributed by atoms with Crippen molar-refractivity contribution in [2.75, 3.05) is 7.05 Å². The Bertz CT molecular complexity index is 479. The number of hydrogen-bond acceptors (Lipinski definition) is 3. The van der Waals surface area contributed by atoms with E-state index in [9.17, 15) is 14.7 Å². The molecular formula is C15H21NO4. The number of nitrogens with zero attached hydrogens (tertiary/aromatic N) is 1. The van der Waals surface area contributed by atoms with Crippen LogP contribution in [0.15, 0.2) is 24.3 Å². The number of phenols is 1. The van der Waals surface area contributed by atoms with Crippen LogP contribution in [0.2, 0.25) is 0 Å². The first-order valence-electron chi connectivity index (χ1n) is 6.43. The fraction of sp³-hybridized carbons (Fsp3) is 0.467. The Morgan fingerprint density at radius 1 is 1.15 bits per heavy atom. The fourth-order valence-corrected chi connectivity index (χ4v) is 1.98. The Kier molecular flexibility index (Phi) is 5.13. The van der Waals surface area contributed by atoms with Crippen molar-refractivity contribution in [2.45, 2.75) is 33.2 Å². The van der Waals surface area contributed by atoms with Gasteiger partial charge in [0, 0.05) is 20.0 Å². The maximum Gasteiger partial charge on any atom is 0.303 e. The van der Waals surface area contributed by atoms with Crippen LogP contribution in [-0.4, -0.2) is 34.0 Å². The summed E-state index contributed by atoms with van der Waals surface area (Å²) in [5.41, 5.74) is 0.348. The number of amides is 1. The summed E-state index contributed by atoms with van der Waals surface area (Å²) in [4.78, 5) is 24.4. The molecule has 0 spiro atoms. The molecule has 0 fully saturated rings. The van der Waals surface area contributed by atoms with E-state index in [1.807, 2.05) is 0 Å². The van der Waals surface area contributed by atoms with Crippen molar-refractivity contribution in [1.82, 2.24) is 4.90 Å². The van der Waals surface area contributed by atoms with E-state index in [4.69, 9.17) is 5.11 Å². The Labute approximate surface area is 118 Å². The number of carbonyl (C=O) groups is 2. The van der Waals surface area contributed by atoms with Crippen LogP contribution in [0.3, 0.4) is 0 Å². The quantitative estimate of drug-likeness (QED) is 0.837. The van der Waals surface area contributed by atoms with Gasteiger partial charge in [0.25, 0.3) is 0 Å². The number of rotatable bonds is 6. The molecule has 20 heavy (non-hydrogen) atoms. The molecule has 2 N–H and O–H groups in total. The Balaban J connectivity index is 2.58. The largest absolute Gasteiger partial charge is 0.508 e. The average molecular weight is 279 g/mol. The van der Waals surface area contributed by atoms with Gasteiger partial charge < -0.3 is 15.1 Å². The van der Waals surface area contributed by atoms with Gasteiger partial charge in [-0.2, -0.15) is 0 Å². The van der Waals surface area contributed by atoms with Gasteiger partial charge >= 0.3 is 5.97 Å². The lowest BCUT2D eigenvalue weighted by molar-refractivity contribution is -0.140. The van der Waals surface area contributed by atoms with E-state index >= 15 is 0 Å². The minimum atomic E-state index is -0.899. The van der Waals surface area contributed by atoms with Crippen LogP contribution in [0.1, 0.15) is 32.3 Å². The molecule has 0 aromatic heterocycles. The van der Waals surface area contributed by atoms with E-state index in [2.05, 4.69) is 0 Å². The molecule has 1 amide bonds. The highest BCUT2D eigenvalue weighted by molar-refractivity contribution is 5.77. The third-order valence-corrected chi connectivity index (χ3v) is 3.04. The highest BCUT2D eigenvalue weighted by atomic mass is 16.4. The Morgan fingerprint density at radius 2 is 1.70 bits per heavy atom. The summed E-state index contributed by atoms with van der Waals surface area (Å²) in [6.45, 7) is 3.98. The van der Waals surface area contributed by atoms with Crippen LogP contribution in [0.4, 0.5) is 0 Å². The molecule has 5 nitrogen and oxygen atoms in total. The van der Waals surface area contributed by atoms with Crippen molar-refractivity contribution in [3.63, 3.8) is 0 Å². The van der Waals surface area contributed by atoms with E-state index in [1.165, 1.54) is 0 Å². The second-order valence-corrected chi connectivity index (χ2v) is 5.83. The first-order chi connectivity index (χ1) is 9.19. The molecule has 0 saturated carbocycles. The lowest BCUT2D eigenvalue weighted by Gasteiger charge is -2.25. The van der Waals surface area contributed by atoms with Gasteiger partial charge in [0.15, 0.2) is 0 Å². The molecule has 1 aromatic rings. The van der Waals surface area contributed by atoms with Crippen LogP contribution in [0.25, 0.3) is 0 Å². The predicted molar refractivity (Wildman–Crippen MR) is 75.2 cm³/mol. The van der Waals surface area contributed by atoms with Crippen molar-refractivity contribution in [3.8, 4) is 5.75 Å². The molecule has 110 valence electrons. The minimum absolute atomic E-state index is 0.0359. The van der Waals surface area contributed by atoms with Crippen LogP contribution in [-0.2, 0) is 16.1 Å². The zero-order valence-electron chi connectivity index (χ0n) is 12.1. The zero-order valence-corrected chi connectivity index (χ0v) is 12.1. The molecule has 0 aliphatic heterocycles. The summed E-state index contributed by atoms with van der Waals surface area (Å²) in [6, 6.07) is 6.65. The van der Waals surface area contributed by atoms with E-state index in [0.717, 1.165) is 5.56 Å². The molecule has 0 radical (unpaired) electrons. The predicted octanol–water partition coefficient (Wildman–Crippen LogP) is 2.24. The van der Waals surface area contributed by atoms with Gasteiger partial charge in [0.2, 0.25) is 5.91 Å². The van der Waals surface area contributed by atoms with Crippen molar-refractivity contribution in [3.05, 3.63) is 29.8 Å². The van der Waals surface area contributed by atoms with Gasteiger partial charge in [-0.05, 0) is 23.1 Å². The first-order valence-corrected chi connectivity index (χ1v) is 6.43. The second kappa shape index (κ2) is 6.41. The monoisotopic (exact) mass is 279 g/mol. The number of carboxylic acids is 1. The zero-order chi connectivity index (χ0) is 15.3. The molecule has 0 aliphatic rings. The number of carbonyl (C=O) groups excluding carboxylic acids is 1. The lowest BCUT2D eigenvalue weighted by Crippen LogP contribution is -2.31. The van der Waals surface area contributed by atoms with Crippen molar-refractivity contribution < 1.29 is 19.8 Å². The lowest BCUT2D eigenvalue weighted by atomic mass is 9.85. The van der Waals surface area contributed by atoms with E-state index in [-0.39, 0.29) is 24.5 Å². The topological polar surface area (TPSA) is 77.8 Å². The number of aliphatic carboxylic acids is 1. The first kappa shape index (κ1) is 16.0. The minimum Gasteiger partial charge on any atom is -0.508 e. The van der Waals surface area contributed by atoms with E-state index < -0.39 is 11.4 Å². The molecule has 1 rings (SSSR count). The van der Waals surface area contributed by atoms with Gasteiger partial charge in [0.1, 0.15) is 5.75 Å². The highest BCUT2D eigenvalue weighted by Gasteiger charge is 2.26. The Morgan fingerprint density at radius 3 is 2.20 bits per heavy atom. The number of aromatic hydroxyl groups is 1. The summed E-state index contributed by atoms with van der Waals surface area (Å²) in [6.07, 6.45) is 0.152. The van der Waals surface area contributed by atoms with Crippen molar-refractivity contribution >= 4 is 11.9 Å². The molecular weight excluding hydrogens is 258 g/mol. The molecule has 0 heterocycles. The number of hydrogen-bond donors (Lipinski definition) is 2. The average Bonchev–Trinajstić information content (AvgIpc) is 2.29. The van der Waals surface area contributed by atoms with Crippen LogP contribution >= 0.6 is 0 Å². The van der Waals surface area contributed by atoms with Gasteiger partial charge in [0.05, 0.1) is 6.42 Å². The normalized spacial score (nSPS) is 11.2. The molecule has 0 atom stereocenters. The summed E-state index contributed by atoms with van der Waals surface area (Å²) in [5, 5.41) is 18.0. The highest BCUT2D eigenvalue weighted by Crippen LogP contribution is 2.26. The number of carboxylic acid groups (broad SMARTS) is 1. The standard InChI is InChI=1S/C15H21NO4/c1-15(2,9-14(19)20)8-13(18)16(3)10-11-4-6-12(17)7-5-11/h4-7,17H,8-10H2,1-3H3,(H,19,20). The molecule has 0 unspecified atom stereocenters. The van der Waals surface area contributed by atoms with Gasteiger partial charge in [-0.1, -0.05) is 26.0 Å². The van der Waals surface area contributed by atoms with Gasteiger partial charge in [-0.3, -0.25) is 9.59 Å². The Hall–Kier alpha value is -2.04. The summed E-state index contributed by atoms with van der Waals surface area (Å²) in [7, 11) is 1.69. The number of benzene rings is 1. The fourth-order valence-electron chi connectivity index (χ4n) is 1.98. The summed E-state index contributed by atoms with van der Waals surface area (Å²) >= 11 is 0. The van der Waals surface area contributed by atoms with Crippen molar-refractivity contribution in [1.29, 1.82) is 0 Å². The molecule has 0 aliphatic carbocycles. The SMILES string of the molecule is CN(Cc1ccc(O)cc1)C(=O)CC(C)(C)CC(=O)O. The van der Waals surface area contributed by atoms with Crippen molar-refractivity contribution in [2.24, 2.45) is 5.41 Å². The van der Waals surface area contributed by atoms with E-state index in [0.29, 0.717) is 6.54 Å². The van der Waals surface area contributed by atoms with Crippen LogP contribution < -0.4 is 0 Å². The number of phenolic OH excluding ortho intramolecular Hbond substituents is 1.